The highest BCUT2D eigenvalue weighted by Gasteiger charge is 2.38. The molecular weight excluding hydrogens is 324 g/mol. The van der Waals surface area contributed by atoms with E-state index < -0.39 is 0 Å². The summed E-state index contributed by atoms with van der Waals surface area (Å²) >= 11 is 0. The Labute approximate surface area is 157 Å². The molecule has 0 spiro atoms. The molecule has 1 aromatic carbocycles. The Hall–Kier alpha value is -1.77. The largest absolute Gasteiger partial charge is 0.397 e. The number of nitrogens with zero attached hydrogens (tertiary/aromatic N) is 2. The van der Waals surface area contributed by atoms with E-state index in [9.17, 15) is 0 Å². The van der Waals surface area contributed by atoms with E-state index in [1.165, 1.54) is 25.7 Å². The van der Waals surface area contributed by atoms with E-state index in [-0.39, 0.29) is 0 Å². The van der Waals surface area contributed by atoms with Crippen molar-refractivity contribution in [2.75, 3.05) is 30.7 Å². The SMILES string of the molecule is [C-]#[N+]c1ccc(N)c(NC2CCN([C@]3(C)CC[C@@H](OCC)CC3)CC2)c1. The van der Waals surface area contributed by atoms with Gasteiger partial charge in [0.2, 0.25) is 0 Å². The number of nitrogens with one attached hydrogen (secondary N) is 1. The standard InChI is InChI=1S/C21H32N4O/c1-4-26-18-7-11-21(2,12-8-18)25-13-9-16(10-14-25)24-20-15-17(23-3)5-6-19(20)22/h5-6,15-16,18,24H,4,7-14,22H2,1-2H3/t18-,21-. The third-order valence-corrected chi connectivity index (χ3v) is 6.20. The van der Waals surface area contributed by atoms with Crippen molar-refractivity contribution in [1.29, 1.82) is 0 Å². The van der Waals surface area contributed by atoms with E-state index in [0.29, 0.717) is 23.4 Å². The topological polar surface area (TPSA) is 54.9 Å². The predicted octanol–water partition coefficient (Wildman–Crippen LogP) is 4.43. The van der Waals surface area contributed by atoms with Crippen LogP contribution in [0, 0.1) is 6.57 Å². The number of anilines is 2. The van der Waals surface area contributed by atoms with Crippen LogP contribution in [-0.2, 0) is 4.74 Å². The summed E-state index contributed by atoms with van der Waals surface area (Å²) in [6.07, 6.45) is 7.53. The molecule has 0 atom stereocenters. The first-order valence-corrected chi connectivity index (χ1v) is 9.94. The van der Waals surface area contributed by atoms with Gasteiger partial charge in [-0.1, -0.05) is 6.07 Å². The van der Waals surface area contributed by atoms with Crippen molar-refractivity contribution in [3.63, 3.8) is 0 Å². The van der Waals surface area contributed by atoms with Gasteiger partial charge in [-0.2, -0.15) is 0 Å². The van der Waals surface area contributed by atoms with Gasteiger partial charge in [-0.3, -0.25) is 4.90 Å². The summed E-state index contributed by atoms with van der Waals surface area (Å²) < 4.78 is 5.82. The summed E-state index contributed by atoms with van der Waals surface area (Å²) in [6.45, 7) is 14.8. The molecule has 1 saturated carbocycles. The van der Waals surface area contributed by atoms with Crippen LogP contribution in [0.5, 0.6) is 0 Å². The number of likely N-dealkylation sites (tertiary alicyclic amines) is 1. The molecule has 2 aliphatic rings. The number of hydrogen-bond donors (Lipinski definition) is 2. The first-order chi connectivity index (χ1) is 12.5. The lowest BCUT2D eigenvalue weighted by Gasteiger charge is -2.48. The lowest BCUT2D eigenvalue weighted by molar-refractivity contribution is -0.0242. The van der Waals surface area contributed by atoms with Gasteiger partial charge in [0.15, 0.2) is 5.69 Å². The number of nitrogens with two attached hydrogens (primary N) is 1. The van der Waals surface area contributed by atoms with Crippen LogP contribution in [0.1, 0.15) is 52.4 Å². The minimum absolute atomic E-state index is 0.321. The Morgan fingerprint density at radius 3 is 2.58 bits per heavy atom. The molecule has 1 aliphatic carbocycles. The first kappa shape index (κ1) is 19.0. The van der Waals surface area contributed by atoms with Gasteiger partial charge >= 0.3 is 0 Å². The Morgan fingerprint density at radius 1 is 1.27 bits per heavy atom. The molecule has 5 heteroatoms. The molecule has 1 heterocycles. The Kier molecular flexibility index (Phi) is 6.05. The van der Waals surface area contributed by atoms with Crippen LogP contribution in [0.4, 0.5) is 17.1 Å². The van der Waals surface area contributed by atoms with Crippen LogP contribution in [0.15, 0.2) is 18.2 Å². The average molecular weight is 357 g/mol. The molecule has 1 saturated heterocycles. The summed E-state index contributed by atoms with van der Waals surface area (Å²) in [5.74, 6) is 0. The number of hydrogen-bond acceptors (Lipinski definition) is 4. The van der Waals surface area contributed by atoms with Crippen LogP contribution in [-0.4, -0.2) is 42.3 Å². The minimum atomic E-state index is 0.321. The quantitative estimate of drug-likeness (QED) is 0.605. The summed E-state index contributed by atoms with van der Waals surface area (Å²) in [5.41, 5.74) is 8.66. The average Bonchev–Trinajstić information content (AvgIpc) is 2.66. The Morgan fingerprint density at radius 2 is 1.96 bits per heavy atom. The van der Waals surface area contributed by atoms with E-state index in [0.717, 1.165) is 43.9 Å². The molecule has 3 N–H and O–H groups in total. The van der Waals surface area contributed by atoms with Gasteiger partial charge in [-0.25, -0.2) is 4.85 Å². The molecule has 0 amide bonds. The van der Waals surface area contributed by atoms with Crippen LogP contribution < -0.4 is 11.1 Å². The predicted molar refractivity (Wildman–Crippen MR) is 108 cm³/mol. The lowest BCUT2D eigenvalue weighted by atomic mass is 9.79. The molecule has 1 aromatic rings. The van der Waals surface area contributed by atoms with Crippen LogP contribution in [0.2, 0.25) is 0 Å². The maximum absolute atomic E-state index is 7.17. The van der Waals surface area contributed by atoms with Gasteiger partial charge in [0.1, 0.15) is 0 Å². The van der Waals surface area contributed by atoms with Crippen molar-refractivity contribution in [3.8, 4) is 0 Å². The monoisotopic (exact) mass is 356 g/mol. The lowest BCUT2D eigenvalue weighted by Crippen LogP contribution is -2.53. The van der Waals surface area contributed by atoms with Crippen molar-refractivity contribution in [2.24, 2.45) is 0 Å². The first-order valence-electron chi connectivity index (χ1n) is 9.94. The van der Waals surface area contributed by atoms with E-state index in [2.05, 4.69) is 28.9 Å². The van der Waals surface area contributed by atoms with Gasteiger partial charge in [-0.05, 0) is 64.5 Å². The van der Waals surface area contributed by atoms with Crippen molar-refractivity contribution in [3.05, 3.63) is 29.6 Å². The molecule has 2 fully saturated rings. The fourth-order valence-electron chi connectivity index (χ4n) is 4.45. The second kappa shape index (κ2) is 8.28. The summed E-state index contributed by atoms with van der Waals surface area (Å²) in [4.78, 5) is 6.19. The van der Waals surface area contributed by atoms with Crippen molar-refractivity contribution in [2.45, 2.75) is 70.1 Å². The van der Waals surface area contributed by atoms with Crippen molar-refractivity contribution < 1.29 is 4.74 Å². The van der Waals surface area contributed by atoms with Gasteiger partial charge in [-0.15, -0.1) is 0 Å². The molecule has 0 radical (unpaired) electrons. The molecule has 3 rings (SSSR count). The van der Waals surface area contributed by atoms with Gasteiger partial charge < -0.3 is 15.8 Å². The number of piperidine rings is 1. The molecular formula is C21H32N4O. The van der Waals surface area contributed by atoms with E-state index in [1.54, 1.807) is 6.07 Å². The summed E-state index contributed by atoms with van der Waals surface area (Å²) in [5, 5.41) is 3.57. The van der Waals surface area contributed by atoms with Gasteiger partial charge in [0.05, 0.1) is 18.4 Å². The third kappa shape index (κ3) is 4.31. The molecule has 0 unspecified atom stereocenters. The zero-order valence-corrected chi connectivity index (χ0v) is 16.1. The fraction of sp³-hybridized carbons (Fsp3) is 0.667. The van der Waals surface area contributed by atoms with Gasteiger partial charge in [0.25, 0.3) is 0 Å². The van der Waals surface area contributed by atoms with E-state index in [4.69, 9.17) is 17.0 Å². The molecule has 5 nitrogen and oxygen atoms in total. The summed E-state index contributed by atoms with van der Waals surface area (Å²) in [6, 6.07) is 5.89. The molecule has 26 heavy (non-hydrogen) atoms. The molecule has 0 aromatic heterocycles. The summed E-state index contributed by atoms with van der Waals surface area (Å²) in [7, 11) is 0. The van der Waals surface area contributed by atoms with E-state index >= 15 is 0 Å². The maximum atomic E-state index is 7.17. The van der Waals surface area contributed by atoms with Gasteiger partial charge in [0, 0.05) is 37.0 Å². The second-order valence-electron chi connectivity index (χ2n) is 7.94. The maximum Gasteiger partial charge on any atom is 0.189 e. The highest BCUT2D eigenvalue weighted by Crippen LogP contribution is 2.37. The zero-order chi connectivity index (χ0) is 18.6. The van der Waals surface area contributed by atoms with Crippen molar-refractivity contribution >= 4 is 17.1 Å². The second-order valence-corrected chi connectivity index (χ2v) is 7.94. The van der Waals surface area contributed by atoms with Crippen LogP contribution in [0.25, 0.3) is 4.85 Å². The number of rotatable bonds is 5. The van der Waals surface area contributed by atoms with Crippen LogP contribution in [0.3, 0.4) is 0 Å². The van der Waals surface area contributed by atoms with E-state index in [1.807, 2.05) is 12.1 Å². The highest BCUT2D eigenvalue weighted by molar-refractivity contribution is 5.72. The third-order valence-electron chi connectivity index (χ3n) is 6.20. The number of ether oxygens (including phenoxy) is 1. The number of nitrogen functional groups attached to an aromatic ring is 1. The zero-order valence-electron chi connectivity index (χ0n) is 16.1. The minimum Gasteiger partial charge on any atom is -0.397 e. The Bertz CT molecular complexity index is 638. The Balaban J connectivity index is 1.52. The molecule has 0 bridgehead atoms. The normalized spacial score (nSPS) is 27.8. The smallest absolute Gasteiger partial charge is 0.189 e. The van der Waals surface area contributed by atoms with Crippen LogP contribution >= 0.6 is 0 Å². The fourth-order valence-corrected chi connectivity index (χ4v) is 4.45. The highest BCUT2D eigenvalue weighted by atomic mass is 16.5. The molecule has 142 valence electrons. The molecule has 1 aliphatic heterocycles. The number of benzene rings is 1. The van der Waals surface area contributed by atoms with Crippen molar-refractivity contribution in [1.82, 2.24) is 4.90 Å².